The molecule has 0 bridgehead atoms. The molecule has 422 valence electrons. The van der Waals surface area contributed by atoms with Gasteiger partial charge in [-0.05, 0) is 122 Å². The van der Waals surface area contributed by atoms with Crippen molar-refractivity contribution in [2.45, 2.75) is 238 Å². The van der Waals surface area contributed by atoms with Gasteiger partial charge in [-0.3, -0.25) is 23.4 Å². The van der Waals surface area contributed by atoms with Crippen molar-refractivity contribution < 1.29 is 52.2 Å². The van der Waals surface area contributed by atoms with Gasteiger partial charge in [0.1, 0.15) is 12.7 Å². The first kappa shape index (κ1) is 70.1. The third-order valence-corrected chi connectivity index (χ3v) is 12.6. The number of aliphatic hydroxyl groups is 1. The molecule has 12 heteroatoms. The summed E-state index contributed by atoms with van der Waals surface area (Å²) in [5.41, 5.74) is 0. The number of esters is 3. The molecule has 0 saturated heterocycles. The summed E-state index contributed by atoms with van der Waals surface area (Å²) in [5.74, 6) is -1.57. The molecule has 0 spiro atoms. The number of phosphoric acid groups is 1. The van der Waals surface area contributed by atoms with Crippen LogP contribution in [0.2, 0.25) is 0 Å². The van der Waals surface area contributed by atoms with Gasteiger partial charge in [-0.1, -0.05) is 194 Å². The van der Waals surface area contributed by atoms with Crippen LogP contribution in [0.15, 0.2) is 109 Å². The number of hydrogen-bond acceptors (Lipinski definition) is 10. The summed E-state index contributed by atoms with van der Waals surface area (Å²) in [4.78, 5) is 48.5. The van der Waals surface area contributed by atoms with Crippen molar-refractivity contribution in [3.63, 3.8) is 0 Å². The fourth-order valence-corrected chi connectivity index (χ4v) is 8.06. The van der Waals surface area contributed by atoms with Crippen LogP contribution >= 0.6 is 7.82 Å². The Hall–Kier alpha value is -3.86. The number of ether oxygens (including phenoxy) is 3. The Bertz CT molecular complexity index is 1660. The van der Waals surface area contributed by atoms with E-state index in [1.54, 1.807) is 0 Å². The molecule has 0 aliphatic carbocycles. The van der Waals surface area contributed by atoms with Crippen LogP contribution in [0.4, 0.5) is 0 Å². The molecule has 3 unspecified atom stereocenters. The Morgan fingerprint density at radius 2 is 0.716 bits per heavy atom. The third-order valence-electron chi connectivity index (χ3n) is 11.6. The number of hydrogen-bond donors (Lipinski definition) is 2. The lowest BCUT2D eigenvalue weighted by molar-refractivity contribution is -0.161. The van der Waals surface area contributed by atoms with E-state index in [4.69, 9.17) is 23.3 Å². The third kappa shape index (κ3) is 53.0. The monoisotopic (exact) mass is 1050 g/mol. The standard InChI is InChI=1S/C62H103O11P/c1-4-7-10-13-16-19-22-25-28-29-32-33-36-39-42-45-48-51-60(64)69-55-59(73-62(66)53-50-47-44-41-38-35-31-27-24-21-18-15-12-9-6-3)57-71-74(67,68)70-56-58(54-63)72-61(65)52-49-46-43-40-37-34-30-26-23-20-17-14-11-8-5-2/h7,10,16-21,25-28,30-33,39,42,58-59,63H,4-6,8-9,11-15,22-24,29,34-38,40-41,43-57H2,1-3H3,(H,67,68)/b10-7-,19-16-,20-17-,21-18-,28-25-,30-26-,31-27-,33-32-,42-39-. The topological polar surface area (TPSA) is 155 Å². The lowest BCUT2D eigenvalue weighted by Crippen LogP contribution is -2.30. The van der Waals surface area contributed by atoms with Crippen molar-refractivity contribution in [2.24, 2.45) is 0 Å². The van der Waals surface area contributed by atoms with Crippen LogP contribution in [-0.2, 0) is 42.2 Å². The van der Waals surface area contributed by atoms with Gasteiger partial charge >= 0.3 is 25.7 Å². The number of aliphatic hydroxyl groups excluding tert-OH is 1. The largest absolute Gasteiger partial charge is 0.472 e. The average molecular weight is 1060 g/mol. The lowest BCUT2D eigenvalue weighted by atomic mass is 10.1. The van der Waals surface area contributed by atoms with Crippen LogP contribution in [0, 0.1) is 0 Å². The van der Waals surface area contributed by atoms with E-state index in [1.807, 2.05) is 6.08 Å². The number of carbonyl (C=O) groups excluding carboxylic acids is 3. The SMILES string of the molecule is CC/C=C\C/C=C\C/C=C\C/C=C\C/C=C\CCCC(=O)OCC(COP(=O)(O)OCC(CO)OC(=O)CCCCCCC/C=C\C/C=C\CCCCC)OC(=O)CCCCCCC/C=C\C/C=C\CCCCC. The zero-order chi connectivity index (χ0) is 54.1. The molecule has 0 fully saturated rings. The van der Waals surface area contributed by atoms with Crippen LogP contribution in [0.3, 0.4) is 0 Å². The normalized spacial score (nSPS) is 14.2. The highest BCUT2D eigenvalue weighted by Crippen LogP contribution is 2.43. The molecule has 0 aromatic carbocycles. The fourth-order valence-electron chi connectivity index (χ4n) is 7.27. The minimum absolute atomic E-state index is 0.133. The molecule has 0 heterocycles. The minimum atomic E-state index is -4.77. The number of rotatable bonds is 52. The van der Waals surface area contributed by atoms with Gasteiger partial charge in [-0.25, -0.2) is 4.57 Å². The van der Waals surface area contributed by atoms with E-state index in [1.165, 1.54) is 38.5 Å². The first-order valence-electron chi connectivity index (χ1n) is 28.8. The van der Waals surface area contributed by atoms with Gasteiger partial charge in [0.25, 0.3) is 0 Å². The quantitative estimate of drug-likeness (QED) is 0.0197. The van der Waals surface area contributed by atoms with Crippen molar-refractivity contribution in [2.75, 3.05) is 26.4 Å². The highest BCUT2D eigenvalue weighted by molar-refractivity contribution is 7.47. The van der Waals surface area contributed by atoms with Gasteiger partial charge in [0, 0.05) is 19.3 Å². The Morgan fingerprint density at radius 1 is 0.392 bits per heavy atom. The summed E-state index contributed by atoms with van der Waals surface area (Å²) < 4.78 is 39.4. The minimum Gasteiger partial charge on any atom is -0.462 e. The van der Waals surface area contributed by atoms with Crippen LogP contribution < -0.4 is 0 Å². The van der Waals surface area contributed by atoms with Gasteiger partial charge < -0.3 is 24.2 Å². The first-order valence-corrected chi connectivity index (χ1v) is 30.3. The molecule has 3 atom stereocenters. The molecule has 0 aromatic heterocycles. The Labute approximate surface area is 450 Å². The van der Waals surface area contributed by atoms with E-state index in [0.29, 0.717) is 25.7 Å². The summed E-state index contributed by atoms with van der Waals surface area (Å²) in [6.07, 6.45) is 66.2. The second-order valence-electron chi connectivity index (χ2n) is 18.7. The fraction of sp³-hybridized carbons (Fsp3) is 0.661. The number of unbranched alkanes of at least 4 members (excludes halogenated alkanes) is 17. The van der Waals surface area contributed by atoms with E-state index >= 15 is 0 Å². The Balaban J connectivity index is 4.85. The predicted octanol–water partition coefficient (Wildman–Crippen LogP) is 17.0. The van der Waals surface area contributed by atoms with E-state index in [-0.39, 0.29) is 25.9 Å². The number of allylic oxidation sites excluding steroid dienone is 18. The molecule has 0 aliphatic heterocycles. The van der Waals surface area contributed by atoms with Gasteiger partial charge in [0.15, 0.2) is 6.10 Å². The number of carbonyl (C=O) groups is 3. The molecular formula is C62H103O11P. The van der Waals surface area contributed by atoms with Gasteiger partial charge in [-0.2, -0.15) is 0 Å². The Kier molecular flexibility index (Phi) is 52.5. The smallest absolute Gasteiger partial charge is 0.462 e. The number of phosphoric ester groups is 1. The molecule has 0 radical (unpaired) electrons. The van der Waals surface area contributed by atoms with Crippen LogP contribution in [-0.4, -0.2) is 66.5 Å². The van der Waals surface area contributed by atoms with Crippen LogP contribution in [0.5, 0.6) is 0 Å². The van der Waals surface area contributed by atoms with Crippen molar-refractivity contribution in [3.05, 3.63) is 109 Å². The highest BCUT2D eigenvalue weighted by Gasteiger charge is 2.28. The van der Waals surface area contributed by atoms with E-state index < -0.39 is 57.8 Å². The van der Waals surface area contributed by atoms with E-state index in [9.17, 15) is 28.9 Å². The van der Waals surface area contributed by atoms with Crippen molar-refractivity contribution in [3.8, 4) is 0 Å². The molecule has 2 N–H and O–H groups in total. The van der Waals surface area contributed by atoms with E-state index in [2.05, 4.69) is 124 Å². The summed E-state index contributed by atoms with van der Waals surface area (Å²) in [6.45, 7) is 4.37. The maximum absolute atomic E-state index is 12.9. The molecule has 11 nitrogen and oxygen atoms in total. The van der Waals surface area contributed by atoms with E-state index in [0.717, 1.165) is 122 Å². The molecule has 0 rings (SSSR count). The maximum atomic E-state index is 12.9. The zero-order valence-corrected chi connectivity index (χ0v) is 47.4. The lowest BCUT2D eigenvalue weighted by Gasteiger charge is -2.21. The summed E-state index contributed by atoms with van der Waals surface area (Å²) in [6, 6.07) is 0. The van der Waals surface area contributed by atoms with Crippen LogP contribution in [0.25, 0.3) is 0 Å². The second-order valence-corrected chi connectivity index (χ2v) is 20.2. The molecule has 74 heavy (non-hydrogen) atoms. The summed E-state index contributed by atoms with van der Waals surface area (Å²) in [7, 11) is -4.77. The maximum Gasteiger partial charge on any atom is 0.472 e. The highest BCUT2D eigenvalue weighted by atomic mass is 31.2. The zero-order valence-electron chi connectivity index (χ0n) is 46.5. The Morgan fingerprint density at radius 3 is 1.12 bits per heavy atom. The average Bonchev–Trinajstić information content (AvgIpc) is 3.39. The molecule has 0 amide bonds. The van der Waals surface area contributed by atoms with Crippen LogP contribution in [0.1, 0.15) is 226 Å². The molecule has 0 aromatic rings. The molecule has 0 saturated carbocycles. The predicted molar refractivity (Wildman–Crippen MR) is 307 cm³/mol. The molecular weight excluding hydrogens is 952 g/mol. The van der Waals surface area contributed by atoms with Gasteiger partial charge in [0.05, 0.1) is 19.8 Å². The van der Waals surface area contributed by atoms with Gasteiger partial charge in [-0.15, -0.1) is 0 Å². The first-order chi connectivity index (χ1) is 36.2. The molecule has 0 aliphatic rings. The second kappa shape index (κ2) is 55.4. The van der Waals surface area contributed by atoms with Crippen molar-refractivity contribution in [1.82, 2.24) is 0 Å². The van der Waals surface area contributed by atoms with Crippen molar-refractivity contribution >= 4 is 25.7 Å². The summed E-state index contributed by atoms with van der Waals surface area (Å²) in [5, 5.41) is 9.81. The van der Waals surface area contributed by atoms with Gasteiger partial charge in [0.2, 0.25) is 0 Å². The summed E-state index contributed by atoms with van der Waals surface area (Å²) >= 11 is 0. The van der Waals surface area contributed by atoms with Crippen molar-refractivity contribution in [1.29, 1.82) is 0 Å².